The minimum Gasteiger partial charge on any atom is -0.497 e. The Balaban J connectivity index is 1.41. The zero-order valence-electron chi connectivity index (χ0n) is 22.1. The van der Waals surface area contributed by atoms with Gasteiger partial charge in [-0.2, -0.15) is 5.26 Å². The van der Waals surface area contributed by atoms with Gasteiger partial charge in [0.15, 0.2) is 0 Å². The van der Waals surface area contributed by atoms with Gasteiger partial charge < -0.3 is 23.8 Å². The second-order valence-corrected chi connectivity index (χ2v) is 9.04. The summed E-state index contributed by atoms with van der Waals surface area (Å²) in [6.45, 7) is 3.76. The van der Waals surface area contributed by atoms with E-state index in [4.69, 9.17) is 24.2 Å². The lowest BCUT2D eigenvalue weighted by atomic mass is 10.1. The van der Waals surface area contributed by atoms with Crippen molar-refractivity contribution in [3.05, 3.63) is 89.0 Å². The Morgan fingerprint density at radius 1 is 0.895 bits per heavy atom. The third kappa shape index (κ3) is 6.62. The predicted octanol–water partition coefficient (Wildman–Crippen LogP) is 4.30. The average Bonchev–Trinajstić information content (AvgIpc) is 2.99. The number of amides is 1. The molecule has 8 nitrogen and oxygen atoms in total. The second kappa shape index (κ2) is 13.0. The SMILES string of the molecule is COc1cccc([C@H](CN2CCN(C(=O)c3ccc(OC)cc3OC)CC2)OCc2ccc(C#N)cc2)c1. The fraction of sp³-hybridized carbons (Fsp3) is 0.333. The van der Waals surface area contributed by atoms with E-state index in [2.05, 4.69) is 11.0 Å². The summed E-state index contributed by atoms with van der Waals surface area (Å²) in [6, 6.07) is 22.7. The number of hydrogen-bond acceptors (Lipinski definition) is 7. The lowest BCUT2D eigenvalue weighted by Crippen LogP contribution is -2.49. The first kappa shape index (κ1) is 27.0. The highest BCUT2D eigenvalue weighted by atomic mass is 16.5. The number of methoxy groups -OCH3 is 3. The molecule has 1 heterocycles. The molecule has 4 rings (SSSR count). The van der Waals surface area contributed by atoms with E-state index in [1.165, 1.54) is 0 Å². The van der Waals surface area contributed by atoms with Crippen molar-refractivity contribution < 1.29 is 23.7 Å². The molecular formula is C30H33N3O5. The Hall–Kier alpha value is -4.06. The van der Waals surface area contributed by atoms with Gasteiger partial charge in [0.1, 0.15) is 17.2 Å². The Kier molecular flexibility index (Phi) is 9.20. The molecule has 0 aliphatic carbocycles. The molecule has 1 fully saturated rings. The standard InChI is InChI=1S/C30H33N3O5/c1-35-25-6-4-5-24(17-25)29(38-21-23-9-7-22(19-31)8-10-23)20-32-13-15-33(16-14-32)30(34)27-12-11-26(36-2)18-28(27)37-3/h4-12,17-18,29H,13-16,20-21H2,1-3H3/t29-/m0/s1. The van der Waals surface area contributed by atoms with E-state index in [1.54, 1.807) is 51.7 Å². The monoisotopic (exact) mass is 515 g/mol. The molecule has 0 radical (unpaired) electrons. The molecule has 1 saturated heterocycles. The summed E-state index contributed by atoms with van der Waals surface area (Å²) in [5.74, 6) is 1.88. The maximum Gasteiger partial charge on any atom is 0.257 e. The highest BCUT2D eigenvalue weighted by Crippen LogP contribution is 2.28. The zero-order valence-corrected chi connectivity index (χ0v) is 22.1. The lowest BCUT2D eigenvalue weighted by molar-refractivity contribution is 0.00331. The van der Waals surface area contributed by atoms with Crippen LogP contribution in [0.25, 0.3) is 0 Å². The Labute approximate surface area is 223 Å². The smallest absolute Gasteiger partial charge is 0.257 e. The number of nitriles is 1. The maximum atomic E-state index is 13.2. The third-order valence-electron chi connectivity index (χ3n) is 6.72. The fourth-order valence-electron chi connectivity index (χ4n) is 4.48. The number of carbonyl (C=O) groups excluding carboxylic acids is 1. The third-order valence-corrected chi connectivity index (χ3v) is 6.72. The summed E-state index contributed by atoms with van der Waals surface area (Å²) in [7, 11) is 4.79. The minimum atomic E-state index is -0.190. The van der Waals surface area contributed by atoms with Crippen LogP contribution in [-0.2, 0) is 11.3 Å². The lowest BCUT2D eigenvalue weighted by Gasteiger charge is -2.36. The molecule has 1 amide bonds. The molecule has 1 aliphatic heterocycles. The van der Waals surface area contributed by atoms with Crippen LogP contribution in [0.5, 0.6) is 17.2 Å². The van der Waals surface area contributed by atoms with Gasteiger partial charge in [-0.3, -0.25) is 9.69 Å². The number of ether oxygens (including phenoxy) is 4. The molecule has 0 aromatic heterocycles. The molecular weight excluding hydrogens is 482 g/mol. The molecule has 0 bridgehead atoms. The van der Waals surface area contributed by atoms with Crippen LogP contribution in [0.4, 0.5) is 0 Å². The highest BCUT2D eigenvalue weighted by Gasteiger charge is 2.26. The van der Waals surface area contributed by atoms with Crippen molar-refractivity contribution in [1.29, 1.82) is 5.26 Å². The van der Waals surface area contributed by atoms with Gasteiger partial charge in [-0.1, -0.05) is 24.3 Å². The van der Waals surface area contributed by atoms with Crippen LogP contribution in [0.1, 0.15) is 33.2 Å². The van der Waals surface area contributed by atoms with Crippen LogP contribution in [0.15, 0.2) is 66.7 Å². The first-order valence-electron chi connectivity index (χ1n) is 12.5. The van der Waals surface area contributed by atoms with E-state index < -0.39 is 0 Å². The van der Waals surface area contributed by atoms with Crippen LogP contribution in [-0.4, -0.2) is 69.8 Å². The quantitative estimate of drug-likeness (QED) is 0.398. The average molecular weight is 516 g/mol. The van der Waals surface area contributed by atoms with E-state index in [-0.39, 0.29) is 12.0 Å². The fourth-order valence-corrected chi connectivity index (χ4v) is 4.48. The summed E-state index contributed by atoms with van der Waals surface area (Å²) >= 11 is 0. The predicted molar refractivity (Wildman–Crippen MR) is 144 cm³/mol. The number of benzene rings is 3. The molecule has 38 heavy (non-hydrogen) atoms. The van der Waals surface area contributed by atoms with Crippen LogP contribution in [0, 0.1) is 11.3 Å². The number of hydrogen-bond donors (Lipinski definition) is 0. The Morgan fingerprint density at radius 2 is 1.61 bits per heavy atom. The van der Waals surface area contributed by atoms with Gasteiger partial charge in [-0.25, -0.2) is 0 Å². The van der Waals surface area contributed by atoms with E-state index in [1.807, 2.05) is 41.3 Å². The van der Waals surface area contributed by atoms with Crippen LogP contribution in [0.2, 0.25) is 0 Å². The summed E-state index contributed by atoms with van der Waals surface area (Å²) in [4.78, 5) is 17.4. The van der Waals surface area contributed by atoms with Crippen LogP contribution in [0.3, 0.4) is 0 Å². The van der Waals surface area contributed by atoms with Gasteiger partial charge in [0.2, 0.25) is 0 Å². The van der Waals surface area contributed by atoms with Crippen molar-refractivity contribution in [2.24, 2.45) is 0 Å². The van der Waals surface area contributed by atoms with Crippen molar-refractivity contribution in [3.63, 3.8) is 0 Å². The molecule has 1 aliphatic rings. The van der Waals surface area contributed by atoms with Crippen molar-refractivity contribution >= 4 is 5.91 Å². The molecule has 3 aromatic rings. The molecule has 0 spiro atoms. The first-order chi connectivity index (χ1) is 18.5. The van der Waals surface area contributed by atoms with Gasteiger partial charge >= 0.3 is 0 Å². The van der Waals surface area contributed by atoms with E-state index >= 15 is 0 Å². The largest absolute Gasteiger partial charge is 0.497 e. The van der Waals surface area contributed by atoms with E-state index in [0.29, 0.717) is 48.9 Å². The normalized spacial score (nSPS) is 14.4. The number of piperazine rings is 1. The topological polar surface area (TPSA) is 84.3 Å². The molecule has 3 aromatic carbocycles. The second-order valence-electron chi connectivity index (χ2n) is 9.04. The van der Waals surface area contributed by atoms with Crippen molar-refractivity contribution in [2.45, 2.75) is 12.7 Å². The zero-order chi connectivity index (χ0) is 26.9. The van der Waals surface area contributed by atoms with Crippen molar-refractivity contribution in [1.82, 2.24) is 9.80 Å². The van der Waals surface area contributed by atoms with Crippen LogP contribution >= 0.6 is 0 Å². The summed E-state index contributed by atoms with van der Waals surface area (Å²) in [5.41, 5.74) is 3.18. The molecule has 8 heteroatoms. The molecule has 0 N–H and O–H groups in total. The van der Waals surface area contributed by atoms with Gasteiger partial charge in [-0.05, 0) is 47.5 Å². The first-order valence-corrected chi connectivity index (χ1v) is 12.5. The maximum absolute atomic E-state index is 13.2. The van der Waals surface area contributed by atoms with Crippen molar-refractivity contribution in [3.8, 4) is 23.3 Å². The summed E-state index contributed by atoms with van der Waals surface area (Å²) < 4.78 is 22.5. The van der Waals surface area contributed by atoms with Gasteiger partial charge in [0.25, 0.3) is 5.91 Å². The summed E-state index contributed by atoms with van der Waals surface area (Å²) in [6.07, 6.45) is -0.190. The number of carbonyl (C=O) groups is 1. The molecule has 198 valence electrons. The number of nitrogens with zero attached hydrogens (tertiary/aromatic N) is 3. The van der Waals surface area contributed by atoms with Gasteiger partial charge in [0, 0.05) is 38.8 Å². The highest BCUT2D eigenvalue weighted by molar-refractivity contribution is 5.97. The molecule has 0 unspecified atom stereocenters. The minimum absolute atomic E-state index is 0.0504. The Bertz CT molecular complexity index is 1260. The molecule has 0 saturated carbocycles. The van der Waals surface area contributed by atoms with Crippen LogP contribution < -0.4 is 14.2 Å². The van der Waals surface area contributed by atoms with Gasteiger partial charge in [-0.15, -0.1) is 0 Å². The van der Waals surface area contributed by atoms with Gasteiger partial charge in [0.05, 0.1) is 51.2 Å². The van der Waals surface area contributed by atoms with E-state index in [9.17, 15) is 4.79 Å². The molecule has 1 atom stereocenters. The van der Waals surface area contributed by atoms with Crippen molar-refractivity contribution in [2.75, 3.05) is 54.1 Å². The number of rotatable bonds is 10. The Morgan fingerprint density at radius 3 is 2.26 bits per heavy atom. The summed E-state index contributed by atoms with van der Waals surface area (Å²) in [5, 5.41) is 9.06. The van der Waals surface area contributed by atoms with E-state index in [0.717, 1.165) is 30.0 Å².